The van der Waals surface area contributed by atoms with Gasteiger partial charge in [0.15, 0.2) is 0 Å². The van der Waals surface area contributed by atoms with E-state index in [1.54, 1.807) is 34.1 Å². The lowest BCUT2D eigenvalue weighted by atomic mass is 10.2. The third-order valence-electron chi connectivity index (χ3n) is 4.22. The second-order valence-corrected chi connectivity index (χ2v) is 5.90. The predicted molar refractivity (Wildman–Crippen MR) is 89.3 cm³/mol. The van der Waals surface area contributed by atoms with Crippen molar-refractivity contribution in [3.8, 4) is 5.69 Å². The Labute approximate surface area is 144 Å². The lowest BCUT2D eigenvalue weighted by Gasteiger charge is -2.34. The van der Waals surface area contributed by atoms with Crippen LogP contribution in [0, 0.1) is 0 Å². The minimum Gasteiger partial charge on any atom is -0.392 e. The molecule has 25 heavy (non-hydrogen) atoms. The van der Waals surface area contributed by atoms with E-state index >= 15 is 0 Å². The molecule has 0 radical (unpaired) electrons. The Hall–Kier alpha value is -2.90. The summed E-state index contributed by atoms with van der Waals surface area (Å²) in [6.45, 7) is 3.70. The van der Waals surface area contributed by atoms with Gasteiger partial charge in [-0.25, -0.2) is 4.79 Å². The molecule has 3 rings (SSSR count). The molecule has 0 atom stereocenters. The molecule has 132 valence electrons. The Morgan fingerprint density at radius 1 is 1.08 bits per heavy atom. The van der Waals surface area contributed by atoms with Gasteiger partial charge in [0.25, 0.3) is 0 Å². The number of hydrogen-bond donors (Lipinski definition) is 0. The van der Waals surface area contributed by atoms with Gasteiger partial charge in [-0.2, -0.15) is 4.68 Å². The first kappa shape index (κ1) is 16.9. The smallest absolute Gasteiger partial charge is 0.392 e. The highest BCUT2D eigenvalue weighted by Crippen LogP contribution is 2.08. The van der Waals surface area contributed by atoms with Crippen LogP contribution in [0.4, 0.5) is 0 Å². The van der Waals surface area contributed by atoms with Crippen LogP contribution in [-0.2, 0) is 16.0 Å². The molecule has 8 heteroatoms. The lowest BCUT2D eigenvalue weighted by molar-refractivity contribution is -0.138. The van der Waals surface area contributed by atoms with Crippen molar-refractivity contribution in [1.82, 2.24) is 19.6 Å². The molecule has 8 nitrogen and oxygen atoms in total. The molecule has 1 fully saturated rings. The van der Waals surface area contributed by atoms with Gasteiger partial charge in [-0.15, -0.1) is 5.10 Å². The summed E-state index contributed by atoms with van der Waals surface area (Å²) in [5, 5.41) is 4.15. The zero-order valence-electron chi connectivity index (χ0n) is 14.1. The van der Waals surface area contributed by atoms with E-state index in [0.29, 0.717) is 31.9 Å². The van der Waals surface area contributed by atoms with Crippen LogP contribution in [0.2, 0.25) is 0 Å². The maximum atomic E-state index is 12.3. The van der Waals surface area contributed by atoms with Crippen molar-refractivity contribution in [3.05, 3.63) is 46.8 Å². The fraction of sp³-hybridized carbons (Fsp3) is 0.412. The van der Waals surface area contributed by atoms with Crippen molar-refractivity contribution in [3.63, 3.8) is 0 Å². The summed E-state index contributed by atoms with van der Waals surface area (Å²) in [4.78, 5) is 38.9. The first-order valence-corrected chi connectivity index (χ1v) is 8.22. The second kappa shape index (κ2) is 7.33. The van der Waals surface area contributed by atoms with Crippen LogP contribution in [0.15, 0.2) is 39.5 Å². The number of amides is 2. The number of piperazine rings is 1. The van der Waals surface area contributed by atoms with Crippen molar-refractivity contribution < 1.29 is 14.0 Å². The summed E-state index contributed by atoms with van der Waals surface area (Å²) < 4.78 is 6.31. The van der Waals surface area contributed by atoms with E-state index in [9.17, 15) is 14.4 Å². The molecular weight excluding hydrogens is 324 g/mol. The molecule has 1 aliphatic heterocycles. The van der Waals surface area contributed by atoms with Gasteiger partial charge in [0.1, 0.15) is 0 Å². The predicted octanol–water partition coefficient (Wildman–Crippen LogP) is 0.449. The minimum atomic E-state index is -0.566. The van der Waals surface area contributed by atoms with Gasteiger partial charge in [-0.3, -0.25) is 9.59 Å². The van der Waals surface area contributed by atoms with E-state index in [2.05, 4.69) is 5.10 Å². The van der Waals surface area contributed by atoms with Crippen LogP contribution >= 0.6 is 0 Å². The number of aromatic nitrogens is 2. The Morgan fingerprint density at radius 2 is 1.72 bits per heavy atom. The van der Waals surface area contributed by atoms with E-state index in [1.807, 2.05) is 6.07 Å². The van der Waals surface area contributed by atoms with Crippen molar-refractivity contribution in [2.45, 2.75) is 19.8 Å². The maximum absolute atomic E-state index is 12.3. The summed E-state index contributed by atoms with van der Waals surface area (Å²) in [7, 11) is 0. The molecule has 1 saturated heterocycles. The molecule has 2 amide bonds. The van der Waals surface area contributed by atoms with E-state index in [4.69, 9.17) is 4.42 Å². The van der Waals surface area contributed by atoms with Crippen molar-refractivity contribution in [2.24, 2.45) is 0 Å². The van der Waals surface area contributed by atoms with Crippen LogP contribution in [0.25, 0.3) is 5.69 Å². The zero-order valence-corrected chi connectivity index (χ0v) is 14.1. The third kappa shape index (κ3) is 3.96. The molecule has 2 heterocycles. The average Bonchev–Trinajstić information content (AvgIpc) is 3.01. The number of rotatable bonds is 4. The van der Waals surface area contributed by atoms with Gasteiger partial charge in [0, 0.05) is 45.9 Å². The summed E-state index contributed by atoms with van der Waals surface area (Å²) in [5.74, 6) is -0.325. The highest BCUT2D eigenvalue weighted by atomic mass is 16.4. The normalized spacial score (nSPS) is 14.6. The van der Waals surface area contributed by atoms with Crippen LogP contribution in [-0.4, -0.2) is 57.6 Å². The molecule has 0 spiro atoms. The molecule has 0 N–H and O–H groups in total. The Balaban J connectivity index is 1.57. The SMILES string of the molecule is CC(=O)N1CCN(C(=O)CCc2nn(-c3ccccc3)c(=O)o2)CC1. The van der Waals surface area contributed by atoms with Crippen LogP contribution in [0.1, 0.15) is 19.2 Å². The average molecular weight is 344 g/mol. The Kier molecular flexibility index (Phi) is 4.97. The Morgan fingerprint density at radius 3 is 2.36 bits per heavy atom. The van der Waals surface area contributed by atoms with E-state index in [-0.39, 0.29) is 30.5 Å². The fourth-order valence-electron chi connectivity index (χ4n) is 2.79. The Bertz CT molecular complexity index is 804. The van der Waals surface area contributed by atoms with Crippen molar-refractivity contribution in [1.29, 1.82) is 0 Å². The lowest BCUT2D eigenvalue weighted by Crippen LogP contribution is -2.50. The number of para-hydroxylation sites is 1. The fourth-order valence-corrected chi connectivity index (χ4v) is 2.79. The van der Waals surface area contributed by atoms with Gasteiger partial charge in [-0.05, 0) is 12.1 Å². The van der Waals surface area contributed by atoms with Gasteiger partial charge in [0.05, 0.1) is 5.69 Å². The van der Waals surface area contributed by atoms with Gasteiger partial charge >= 0.3 is 5.76 Å². The van der Waals surface area contributed by atoms with Gasteiger partial charge < -0.3 is 14.2 Å². The zero-order chi connectivity index (χ0) is 17.8. The quantitative estimate of drug-likeness (QED) is 0.803. The van der Waals surface area contributed by atoms with E-state index < -0.39 is 5.76 Å². The van der Waals surface area contributed by atoms with Gasteiger partial charge in [0.2, 0.25) is 17.7 Å². The molecule has 2 aromatic rings. The number of benzene rings is 1. The number of nitrogens with zero attached hydrogens (tertiary/aromatic N) is 4. The summed E-state index contributed by atoms with van der Waals surface area (Å²) in [5.41, 5.74) is 0.620. The molecule has 1 aromatic carbocycles. The summed E-state index contributed by atoms with van der Waals surface area (Å²) in [6, 6.07) is 8.97. The van der Waals surface area contributed by atoms with Crippen LogP contribution in [0.3, 0.4) is 0 Å². The molecule has 1 aromatic heterocycles. The molecule has 0 aliphatic carbocycles. The van der Waals surface area contributed by atoms with Gasteiger partial charge in [-0.1, -0.05) is 18.2 Å². The molecule has 1 aliphatic rings. The maximum Gasteiger partial charge on any atom is 0.441 e. The second-order valence-electron chi connectivity index (χ2n) is 5.90. The first-order chi connectivity index (χ1) is 12.0. The molecular formula is C17H20N4O4. The van der Waals surface area contributed by atoms with Crippen molar-refractivity contribution in [2.75, 3.05) is 26.2 Å². The summed E-state index contributed by atoms with van der Waals surface area (Å²) >= 11 is 0. The number of aryl methyl sites for hydroxylation is 1. The number of hydrogen-bond acceptors (Lipinski definition) is 5. The van der Waals surface area contributed by atoms with Crippen LogP contribution < -0.4 is 5.76 Å². The standard InChI is InChI=1S/C17H20N4O4/c1-13(22)19-9-11-20(12-10-19)16(23)8-7-15-18-21(17(24)25-15)14-5-3-2-4-6-14/h2-6H,7-12H2,1H3. The van der Waals surface area contributed by atoms with Crippen LogP contribution in [0.5, 0.6) is 0 Å². The first-order valence-electron chi connectivity index (χ1n) is 8.22. The minimum absolute atomic E-state index is 0.0277. The third-order valence-corrected chi connectivity index (χ3v) is 4.22. The van der Waals surface area contributed by atoms with E-state index in [0.717, 1.165) is 0 Å². The largest absolute Gasteiger partial charge is 0.441 e. The van der Waals surface area contributed by atoms with E-state index in [1.165, 1.54) is 11.6 Å². The highest BCUT2D eigenvalue weighted by molar-refractivity contribution is 5.77. The highest BCUT2D eigenvalue weighted by Gasteiger charge is 2.22. The molecule has 0 bridgehead atoms. The number of carbonyl (C=O) groups is 2. The molecule has 0 unspecified atom stereocenters. The monoisotopic (exact) mass is 344 g/mol. The number of carbonyl (C=O) groups excluding carboxylic acids is 2. The summed E-state index contributed by atoms with van der Waals surface area (Å²) in [6.07, 6.45) is 0.482. The topological polar surface area (TPSA) is 88.7 Å². The molecule has 0 saturated carbocycles. The van der Waals surface area contributed by atoms with Crippen molar-refractivity contribution >= 4 is 11.8 Å².